The number of rotatable bonds is 6. The van der Waals surface area contributed by atoms with E-state index in [-0.39, 0.29) is 19.1 Å². The van der Waals surface area contributed by atoms with Crippen molar-refractivity contribution in [2.45, 2.75) is 23.0 Å². The maximum Gasteiger partial charge on any atom is 0.237 e. The molecule has 2 aromatic carbocycles. The lowest BCUT2D eigenvalue weighted by molar-refractivity contribution is -0.124. The number of halogens is 1. The SMILES string of the molecule is [2H]C([2H])([2H])N1C(=O)C2(CCN(CCOc3ccc(C4(S(C)(=O)=O)COC4)cc3)CC2)c2cc(Cl)ccc21. The third kappa shape index (κ3) is 3.71. The van der Waals surface area contributed by atoms with Crippen LogP contribution in [0.2, 0.25) is 5.02 Å². The number of carbonyl (C=O) groups excluding carboxylic acids is 1. The van der Waals surface area contributed by atoms with Gasteiger partial charge >= 0.3 is 0 Å². The highest BCUT2D eigenvalue weighted by atomic mass is 35.5. The molecule has 0 radical (unpaired) electrons. The summed E-state index contributed by atoms with van der Waals surface area (Å²) in [5.41, 5.74) is 0.923. The largest absolute Gasteiger partial charge is 0.492 e. The topological polar surface area (TPSA) is 76.2 Å². The maximum absolute atomic E-state index is 13.4. The number of sulfone groups is 1. The predicted octanol–water partition coefficient (Wildman–Crippen LogP) is 3.00. The molecule has 34 heavy (non-hydrogen) atoms. The highest BCUT2D eigenvalue weighted by Gasteiger charge is 2.51. The van der Waals surface area contributed by atoms with Crippen molar-refractivity contribution >= 4 is 33.0 Å². The van der Waals surface area contributed by atoms with Crippen LogP contribution in [-0.4, -0.2) is 71.9 Å². The lowest BCUT2D eigenvalue weighted by Gasteiger charge is -2.40. The van der Waals surface area contributed by atoms with Crippen molar-refractivity contribution in [2.75, 3.05) is 57.6 Å². The zero-order valence-electron chi connectivity index (χ0n) is 21.9. The second-order valence-electron chi connectivity index (χ2n) is 9.36. The molecule has 3 heterocycles. The average Bonchev–Trinajstić information content (AvgIpc) is 3.02. The van der Waals surface area contributed by atoms with E-state index in [0.717, 1.165) is 4.90 Å². The molecule has 0 bridgehead atoms. The second kappa shape index (κ2) is 8.52. The van der Waals surface area contributed by atoms with Crippen LogP contribution < -0.4 is 9.64 Å². The van der Waals surface area contributed by atoms with Gasteiger partial charge in [-0.05, 0) is 67.4 Å². The Balaban J connectivity index is 1.20. The molecule has 0 N–H and O–H groups in total. The van der Waals surface area contributed by atoms with Crippen molar-refractivity contribution in [1.29, 1.82) is 0 Å². The molecule has 182 valence electrons. The highest BCUT2D eigenvalue weighted by molar-refractivity contribution is 7.91. The summed E-state index contributed by atoms with van der Waals surface area (Å²) in [7, 11) is -3.31. The highest BCUT2D eigenvalue weighted by Crippen LogP contribution is 2.48. The molecule has 9 heteroatoms. The van der Waals surface area contributed by atoms with Gasteiger partial charge in [-0.1, -0.05) is 23.7 Å². The Hall–Kier alpha value is -2.13. The number of likely N-dealkylation sites (tertiary alicyclic amines) is 1. The van der Waals surface area contributed by atoms with Gasteiger partial charge in [-0.15, -0.1) is 0 Å². The molecular formula is C25H29ClN2O5S. The van der Waals surface area contributed by atoms with Crippen molar-refractivity contribution in [3.8, 4) is 5.75 Å². The first-order chi connectivity index (χ1) is 17.4. The van der Waals surface area contributed by atoms with Crippen LogP contribution in [0.5, 0.6) is 5.75 Å². The van der Waals surface area contributed by atoms with Gasteiger partial charge in [-0.2, -0.15) is 0 Å². The van der Waals surface area contributed by atoms with Crippen molar-refractivity contribution < 1.29 is 26.8 Å². The van der Waals surface area contributed by atoms with Crippen LogP contribution in [-0.2, 0) is 29.5 Å². The average molecular weight is 508 g/mol. The Labute approximate surface area is 209 Å². The van der Waals surface area contributed by atoms with Crippen molar-refractivity contribution in [3.63, 3.8) is 0 Å². The molecule has 3 aliphatic rings. The standard InChI is InChI=1S/C25H29ClN2O5S/c1-27-22-8-5-19(26)15-21(22)24(23(27)29)9-11-28(12-10-24)13-14-33-20-6-3-18(4-7-20)25(16-32-17-25)34(2,30)31/h3-8,15H,9-14,16-17H2,1-2H3/i1D3. The minimum atomic E-state index is -3.31. The van der Waals surface area contributed by atoms with Crippen LogP contribution in [0.15, 0.2) is 42.5 Å². The molecule has 0 unspecified atom stereocenters. The molecule has 0 aromatic heterocycles. The molecule has 3 aliphatic heterocycles. The van der Waals surface area contributed by atoms with Crippen molar-refractivity contribution in [1.82, 2.24) is 4.90 Å². The fraction of sp³-hybridized carbons (Fsp3) is 0.480. The normalized spacial score (nSPS) is 23.1. The summed E-state index contributed by atoms with van der Waals surface area (Å²) in [4.78, 5) is 16.6. The van der Waals surface area contributed by atoms with Crippen molar-refractivity contribution in [2.24, 2.45) is 0 Å². The van der Waals surface area contributed by atoms with Gasteiger partial charge in [0.25, 0.3) is 0 Å². The first kappa shape index (κ1) is 20.1. The lowest BCUT2D eigenvalue weighted by Crippen LogP contribution is -2.52. The third-order valence-corrected chi connectivity index (χ3v) is 9.60. The Bertz CT molecular complexity index is 1300. The Morgan fingerprint density at radius 3 is 2.44 bits per heavy atom. The lowest BCUT2D eigenvalue weighted by atomic mass is 9.73. The Morgan fingerprint density at radius 2 is 1.85 bits per heavy atom. The van der Waals surface area contributed by atoms with E-state index in [0.29, 0.717) is 66.7 Å². The fourth-order valence-electron chi connectivity index (χ4n) is 5.20. The van der Waals surface area contributed by atoms with E-state index >= 15 is 0 Å². The van der Waals surface area contributed by atoms with E-state index in [1.54, 1.807) is 42.5 Å². The van der Waals surface area contributed by atoms with E-state index in [9.17, 15) is 13.2 Å². The Kier molecular flexibility index (Phi) is 5.03. The molecule has 0 saturated carbocycles. The van der Waals surface area contributed by atoms with Gasteiger partial charge in [0.15, 0.2) is 9.84 Å². The number of carbonyl (C=O) groups is 1. The molecule has 0 atom stereocenters. The smallest absolute Gasteiger partial charge is 0.237 e. The molecule has 1 spiro atoms. The number of piperidine rings is 1. The number of benzene rings is 2. The van der Waals surface area contributed by atoms with Crippen LogP contribution in [0, 0.1) is 0 Å². The summed E-state index contributed by atoms with van der Waals surface area (Å²) >= 11 is 6.23. The summed E-state index contributed by atoms with van der Waals surface area (Å²) in [5.74, 6) is 0.258. The number of likely N-dealkylation sites (N-methyl/N-ethyl adjacent to an activating group) is 1. The van der Waals surface area contributed by atoms with Crippen LogP contribution in [0.3, 0.4) is 0 Å². The number of anilines is 1. The Morgan fingerprint density at radius 1 is 1.15 bits per heavy atom. The second-order valence-corrected chi connectivity index (χ2v) is 12.1. The van der Waals surface area contributed by atoms with E-state index < -0.39 is 27.0 Å². The minimum Gasteiger partial charge on any atom is -0.492 e. The van der Waals surface area contributed by atoms with E-state index in [1.165, 1.54) is 6.26 Å². The maximum atomic E-state index is 13.4. The zero-order chi connectivity index (χ0) is 26.6. The fourth-order valence-corrected chi connectivity index (χ4v) is 6.53. The number of nitrogens with zero attached hydrogens (tertiary/aromatic N) is 2. The van der Waals surface area contributed by atoms with Gasteiger partial charge in [0.05, 0.1) is 18.6 Å². The summed E-state index contributed by atoms with van der Waals surface area (Å²) in [6.07, 6.45) is 2.22. The first-order valence-corrected chi connectivity index (χ1v) is 13.5. The molecule has 1 amide bonds. The summed E-state index contributed by atoms with van der Waals surface area (Å²) in [6, 6.07) is 12.1. The van der Waals surface area contributed by atoms with E-state index in [1.807, 2.05) is 0 Å². The molecule has 2 aromatic rings. The van der Waals surface area contributed by atoms with Gasteiger partial charge in [0.1, 0.15) is 17.1 Å². The van der Waals surface area contributed by atoms with Crippen molar-refractivity contribution in [3.05, 3.63) is 58.6 Å². The quantitative estimate of drug-likeness (QED) is 0.598. The van der Waals surface area contributed by atoms with Crippen LogP contribution >= 0.6 is 11.6 Å². The summed E-state index contributed by atoms with van der Waals surface area (Å²) in [6.45, 7) is 0.0499. The number of fused-ring (bicyclic) bond motifs is 2. The predicted molar refractivity (Wildman–Crippen MR) is 131 cm³/mol. The van der Waals surface area contributed by atoms with Gasteiger partial charge in [0.2, 0.25) is 5.91 Å². The van der Waals surface area contributed by atoms with Gasteiger partial charge in [-0.25, -0.2) is 8.42 Å². The number of amides is 1. The van der Waals surface area contributed by atoms with E-state index in [2.05, 4.69) is 4.90 Å². The monoisotopic (exact) mass is 507 g/mol. The molecule has 2 fully saturated rings. The molecular weight excluding hydrogens is 476 g/mol. The number of hydrogen-bond donors (Lipinski definition) is 0. The van der Waals surface area contributed by atoms with Gasteiger partial charge in [0, 0.05) is 34.6 Å². The van der Waals surface area contributed by atoms with Crippen LogP contribution in [0.4, 0.5) is 5.69 Å². The first-order valence-electron chi connectivity index (χ1n) is 12.8. The minimum absolute atomic E-state index is 0.159. The molecule has 7 nitrogen and oxygen atoms in total. The molecule has 5 rings (SSSR count). The number of hydrogen-bond acceptors (Lipinski definition) is 6. The van der Waals surface area contributed by atoms with Gasteiger partial charge in [-0.3, -0.25) is 9.69 Å². The third-order valence-electron chi connectivity index (χ3n) is 7.47. The molecule has 2 saturated heterocycles. The van der Waals surface area contributed by atoms with E-state index in [4.69, 9.17) is 25.2 Å². The summed E-state index contributed by atoms with van der Waals surface area (Å²) < 4.78 is 58.3. The number of ether oxygens (including phenoxy) is 2. The van der Waals surface area contributed by atoms with Crippen LogP contribution in [0.25, 0.3) is 0 Å². The van der Waals surface area contributed by atoms with Crippen LogP contribution in [0.1, 0.15) is 28.1 Å². The summed E-state index contributed by atoms with van der Waals surface area (Å²) in [5, 5.41) is 0.479. The zero-order valence-corrected chi connectivity index (χ0v) is 20.5. The molecule has 0 aliphatic carbocycles. The van der Waals surface area contributed by atoms with Gasteiger partial charge < -0.3 is 14.4 Å².